The topological polar surface area (TPSA) is 64.8 Å². The van der Waals surface area contributed by atoms with Crippen molar-refractivity contribution < 1.29 is 14.3 Å². The van der Waals surface area contributed by atoms with Gasteiger partial charge in [0.2, 0.25) is 12.7 Å². The molecular weight excluding hydrogens is 352 g/mol. The highest BCUT2D eigenvalue weighted by Gasteiger charge is 2.31. The minimum Gasteiger partial charge on any atom is -0.454 e. The Kier molecular flexibility index (Phi) is 5.69. The molecular formula is C20H23ClN2O3. The van der Waals surface area contributed by atoms with Gasteiger partial charge in [-0.3, -0.25) is 4.79 Å². The van der Waals surface area contributed by atoms with Crippen molar-refractivity contribution >= 4 is 18.3 Å². The molecule has 6 heteroatoms. The molecule has 1 saturated heterocycles. The van der Waals surface area contributed by atoms with Crippen LogP contribution in [0.5, 0.6) is 11.5 Å². The molecule has 2 atom stereocenters. The highest BCUT2D eigenvalue weighted by atomic mass is 35.5. The lowest BCUT2D eigenvalue weighted by Crippen LogP contribution is -2.33. The van der Waals surface area contributed by atoms with Crippen LogP contribution < -0.4 is 15.2 Å². The van der Waals surface area contributed by atoms with Gasteiger partial charge in [-0.2, -0.15) is 0 Å². The summed E-state index contributed by atoms with van der Waals surface area (Å²) in [6.07, 6.45) is 2.29. The Morgan fingerprint density at radius 3 is 2.73 bits per heavy atom. The fraction of sp³-hybridized carbons (Fsp3) is 0.350. The molecule has 2 aliphatic heterocycles. The first kappa shape index (κ1) is 18.5. The number of halogens is 1. The second kappa shape index (κ2) is 7.98. The first-order valence-electron chi connectivity index (χ1n) is 8.72. The first-order chi connectivity index (χ1) is 12.2. The van der Waals surface area contributed by atoms with E-state index in [0.29, 0.717) is 6.42 Å². The molecule has 138 valence electrons. The standard InChI is InChI=1S/C20H22N2O3.ClH/c21-16(14-5-2-1-3-6-14)12-20(23)22-10-4-7-17(22)15-8-9-18-19(11-15)25-13-24-18;/h1-3,5-6,8-9,11,16-17H,4,7,10,12-13,21H2;1H. The Hall–Kier alpha value is -2.24. The lowest BCUT2D eigenvalue weighted by molar-refractivity contribution is -0.132. The minimum atomic E-state index is -0.272. The molecule has 1 amide bonds. The van der Waals surface area contributed by atoms with Gasteiger partial charge in [-0.15, -0.1) is 12.4 Å². The number of carbonyl (C=O) groups excluding carboxylic acids is 1. The number of nitrogens with two attached hydrogens (primary N) is 1. The number of hydrogen-bond acceptors (Lipinski definition) is 4. The summed E-state index contributed by atoms with van der Waals surface area (Å²) in [6.45, 7) is 1.04. The highest BCUT2D eigenvalue weighted by Crippen LogP contribution is 2.39. The van der Waals surface area contributed by atoms with E-state index >= 15 is 0 Å². The summed E-state index contributed by atoms with van der Waals surface area (Å²) in [5.74, 6) is 1.64. The van der Waals surface area contributed by atoms with Gasteiger partial charge in [0.15, 0.2) is 11.5 Å². The largest absolute Gasteiger partial charge is 0.454 e. The fourth-order valence-electron chi connectivity index (χ4n) is 3.66. The number of fused-ring (bicyclic) bond motifs is 1. The Labute approximate surface area is 159 Å². The van der Waals surface area contributed by atoms with Crippen LogP contribution in [0.4, 0.5) is 0 Å². The van der Waals surface area contributed by atoms with Gasteiger partial charge in [0.1, 0.15) is 0 Å². The molecule has 0 saturated carbocycles. The number of benzene rings is 2. The van der Waals surface area contributed by atoms with Gasteiger partial charge in [-0.25, -0.2) is 0 Å². The molecule has 5 nitrogen and oxygen atoms in total. The average molecular weight is 375 g/mol. The maximum atomic E-state index is 12.8. The first-order valence-corrected chi connectivity index (χ1v) is 8.72. The van der Waals surface area contributed by atoms with Crippen molar-refractivity contribution in [3.05, 3.63) is 59.7 Å². The third-order valence-corrected chi connectivity index (χ3v) is 4.98. The number of nitrogens with zero attached hydrogens (tertiary/aromatic N) is 1. The van der Waals surface area contributed by atoms with Gasteiger partial charge < -0.3 is 20.1 Å². The number of amides is 1. The molecule has 2 aromatic rings. The van der Waals surface area contributed by atoms with Gasteiger partial charge in [-0.05, 0) is 36.1 Å². The van der Waals surface area contributed by atoms with E-state index in [0.717, 1.165) is 42.0 Å². The Bertz CT molecular complexity index is 769. The normalized spacial score (nSPS) is 19.1. The molecule has 2 N–H and O–H groups in total. The predicted molar refractivity (Wildman–Crippen MR) is 101 cm³/mol. The van der Waals surface area contributed by atoms with Crippen molar-refractivity contribution in [1.82, 2.24) is 4.90 Å². The van der Waals surface area contributed by atoms with E-state index in [2.05, 4.69) is 0 Å². The lowest BCUT2D eigenvalue weighted by Gasteiger charge is -2.26. The third-order valence-electron chi connectivity index (χ3n) is 4.98. The van der Waals surface area contributed by atoms with E-state index in [1.54, 1.807) is 0 Å². The second-order valence-corrected chi connectivity index (χ2v) is 6.58. The predicted octanol–water partition coefficient (Wildman–Crippen LogP) is 3.59. The average Bonchev–Trinajstić information content (AvgIpc) is 3.30. The molecule has 0 bridgehead atoms. The maximum Gasteiger partial charge on any atom is 0.231 e. The van der Waals surface area contributed by atoms with E-state index < -0.39 is 0 Å². The van der Waals surface area contributed by atoms with Crippen molar-refractivity contribution in [3.63, 3.8) is 0 Å². The van der Waals surface area contributed by atoms with Crippen molar-refractivity contribution in [1.29, 1.82) is 0 Å². The molecule has 2 aliphatic rings. The van der Waals surface area contributed by atoms with Crippen LogP contribution >= 0.6 is 12.4 Å². The molecule has 1 fully saturated rings. The number of hydrogen-bond donors (Lipinski definition) is 1. The zero-order valence-corrected chi connectivity index (χ0v) is 15.3. The molecule has 0 aromatic heterocycles. The van der Waals surface area contributed by atoms with Gasteiger partial charge in [0.25, 0.3) is 0 Å². The molecule has 0 aliphatic carbocycles. The van der Waals surface area contributed by atoms with E-state index in [1.165, 1.54) is 0 Å². The smallest absolute Gasteiger partial charge is 0.231 e. The van der Waals surface area contributed by atoms with Crippen LogP contribution in [0.25, 0.3) is 0 Å². The summed E-state index contributed by atoms with van der Waals surface area (Å²) in [6, 6.07) is 15.6. The van der Waals surface area contributed by atoms with Crippen molar-refractivity contribution in [2.24, 2.45) is 5.73 Å². The van der Waals surface area contributed by atoms with Gasteiger partial charge in [0.05, 0.1) is 6.04 Å². The van der Waals surface area contributed by atoms with Crippen molar-refractivity contribution in [2.45, 2.75) is 31.3 Å². The van der Waals surface area contributed by atoms with Crippen LogP contribution in [0.2, 0.25) is 0 Å². The maximum absolute atomic E-state index is 12.8. The zero-order valence-electron chi connectivity index (χ0n) is 14.5. The lowest BCUT2D eigenvalue weighted by atomic mass is 10.0. The van der Waals surface area contributed by atoms with Crippen LogP contribution in [0.3, 0.4) is 0 Å². The van der Waals surface area contributed by atoms with E-state index in [1.807, 2.05) is 53.4 Å². The molecule has 4 rings (SSSR count). The highest BCUT2D eigenvalue weighted by molar-refractivity contribution is 5.85. The van der Waals surface area contributed by atoms with Crippen molar-refractivity contribution in [3.8, 4) is 11.5 Å². The van der Waals surface area contributed by atoms with Crippen molar-refractivity contribution in [2.75, 3.05) is 13.3 Å². The quantitative estimate of drug-likeness (QED) is 0.888. The van der Waals surface area contributed by atoms with Crippen LogP contribution in [-0.2, 0) is 4.79 Å². The molecule has 0 spiro atoms. The SMILES string of the molecule is Cl.NC(CC(=O)N1CCCC1c1ccc2c(c1)OCO2)c1ccccc1. The molecule has 0 radical (unpaired) electrons. The van der Waals surface area contributed by atoms with Crippen LogP contribution in [0, 0.1) is 0 Å². The van der Waals surface area contributed by atoms with E-state index in [4.69, 9.17) is 15.2 Å². The van der Waals surface area contributed by atoms with Gasteiger partial charge >= 0.3 is 0 Å². The number of rotatable bonds is 4. The monoisotopic (exact) mass is 374 g/mol. The number of ether oxygens (including phenoxy) is 2. The van der Waals surface area contributed by atoms with Gasteiger partial charge in [0, 0.05) is 19.0 Å². The Morgan fingerprint density at radius 2 is 1.92 bits per heavy atom. The zero-order chi connectivity index (χ0) is 17.2. The number of likely N-dealkylation sites (tertiary alicyclic amines) is 1. The summed E-state index contributed by atoms with van der Waals surface area (Å²) in [4.78, 5) is 14.8. The summed E-state index contributed by atoms with van der Waals surface area (Å²) in [5, 5.41) is 0. The molecule has 26 heavy (non-hydrogen) atoms. The second-order valence-electron chi connectivity index (χ2n) is 6.58. The molecule has 2 unspecified atom stereocenters. The van der Waals surface area contributed by atoms with Crippen LogP contribution in [0.1, 0.15) is 42.5 Å². The fourth-order valence-corrected chi connectivity index (χ4v) is 3.66. The molecule has 2 aromatic carbocycles. The van der Waals surface area contributed by atoms with Gasteiger partial charge in [-0.1, -0.05) is 36.4 Å². The van der Waals surface area contributed by atoms with Crippen LogP contribution in [0.15, 0.2) is 48.5 Å². The molecule has 2 heterocycles. The van der Waals surface area contributed by atoms with E-state index in [-0.39, 0.29) is 37.2 Å². The third kappa shape index (κ3) is 3.64. The summed E-state index contributed by atoms with van der Waals surface area (Å²) >= 11 is 0. The minimum absolute atomic E-state index is 0. The summed E-state index contributed by atoms with van der Waals surface area (Å²) < 4.78 is 10.8. The summed E-state index contributed by atoms with van der Waals surface area (Å²) in [5.41, 5.74) is 8.33. The van der Waals surface area contributed by atoms with E-state index in [9.17, 15) is 4.79 Å². The number of carbonyl (C=O) groups is 1. The Morgan fingerprint density at radius 1 is 1.15 bits per heavy atom. The van der Waals surface area contributed by atoms with Crippen LogP contribution in [-0.4, -0.2) is 24.1 Å². The Balaban J connectivity index is 0.00000196. The summed E-state index contributed by atoms with van der Waals surface area (Å²) in [7, 11) is 0.